The van der Waals surface area contributed by atoms with Crippen molar-refractivity contribution in [3.8, 4) is 0 Å². The summed E-state index contributed by atoms with van der Waals surface area (Å²) in [5.74, 6) is 0.159. The fraction of sp³-hybridized carbons (Fsp3) is 0.400. The van der Waals surface area contributed by atoms with Crippen LogP contribution in [-0.2, 0) is 11.3 Å². The molecule has 1 aliphatic rings. The molecule has 1 aliphatic heterocycles. The highest BCUT2D eigenvalue weighted by Gasteiger charge is 2.27. The quantitative estimate of drug-likeness (QED) is 0.696. The predicted molar refractivity (Wildman–Crippen MR) is 53.8 cm³/mol. The maximum atomic E-state index is 11.3. The third-order valence-corrected chi connectivity index (χ3v) is 2.42. The molecule has 1 aromatic rings. The highest BCUT2D eigenvalue weighted by molar-refractivity contribution is 5.99. The average Bonchev–Trinajstić information content (AvgIpc) is 2.16. The van der Waals surface area contributed by atoms with E-state index in [1.165, 1.54) is 0 Å². The first-order valence-electron chi connectivity index (χ1n) is 4.68. The van der Waals surface area contributed by atoms with Crippen molar-refractivity contribution < 1.29 is 4.79 Å². The first-order chi connectivity index (χ1) is 6.72. The zero-order valence-electron chi connectivity index (χ0n) is 8.16. The molecule has 1 fully saturated rings. The number of pyridine rings is 1. The van der Waals surface area contributed by atoms with Gasteiger partial charge in [0, 0.05) is 25.7 Å². The summed E-state index contributed by atoms with van der Waals surface area (Å²) >= 11 is 0. The number of nitrogens with zero attached hydrogens (tertiary/aromatic N) is 2. The second-order valence-corrected chi connectivity index (χ2v) is 3.48. The van der Waals surface area contributed by atoms with Crippen molar-refractivity contribution in [3.05, 3.63) is 23.5 Å². The summed E-state index contributed by atoms with van der Waals surface area (Å²) in [4.78, 5) is 17.2. The minimum atomic E-state index is 0.159. The maximum absolute atomic E-state index is 11.3. The van der Waals surface area contributed by atoms with Gasteiger partial charge in [-0.2, -0.15) is 0 Å². The Morgan fingerprint density at radius 3 is 2.93 bits per heavy atom. The lowest BCUT2D eigenvalue weighted by Crippen LogP contribution is -2.44. The third-order valence-electron chi connectivity index (χ3n) is 2.42. The van der Waals surface area contributed by atoms with Gasteiger partial charge in [0.25, 0.3) is 0 Å². The van der Waals surface area contributed by atoms with E-state index in [1.807, 2.05) is 13.0 Å². The van der Waals surface area contributed by atoms with Crippen molar-refractivity contribution in [2.45, 2.75) is 19.9 Å². The van der Waals surface area contributed by atoms with Crippen molar-refractivity contribution in [1.82, 2.24) is 4.98 Å². The minimum Gasteiger partial charge on any atom is -0.325 e. The number of hydrogen-bond acceptors (Lipinski definition) is 3. The van der Waals surface area contributed by atoms with Crippen LogP contribution in [0.1, 0.15) is 17.7 Å². The van der Waals surface area contributed by atoms with Gasteiger partial charge in [-0.05, 0) is 18.6 Å². The van der Waals surface area contributed by atoms with E-state index in [0.29, 0.717) is 13.0 Å². The number of hydrogen-bond donors (Lipinski definition) is 1. The lowest BCUT2D eigenvalue weighted by Gasteiger charge is -2.31. The van der Waals surface area contributed by atoms with Crippen LogP contribution in [0.3, 0.4) is 0 Å². The van der Waals surface area contributed by atoms with E-state index in [9.17, 15) is 4.79 Å². The molecule has 0 unspecified atom stereocenters. The summed E-state index contributed by atoms with van der Waals surface area (Å²) in [6.07, 6.45) is 2.41. The van der Waals surface area contributed by atoms with E-state index >= 15 is 0 Å². The number of amides is 1. The zero-order valence-corrected chi connectivity index (χ0v) is 8.16. The maximum Gasteiger partial charge on any atom is 0.228 e. The van der Waals surface area contributed by atoms with Crippen LogP contribution in [0.4, 0.5) is 5.69 Å². The summed E-state index contributed by atoms with van der Waals surface area (Å²) in [6, 6.07) is 1.96. The van der Waals surface area contributed by atoms with Gasteiger partial charge in [0.2, 0.25) is 5.91 Å². The van der Waals surface area contributed by atoms with Gasteiger partial charge in [0.15, 0.2) is 0 Å². The smallest absolute Gasteiger partial charge is 0.228 e. The molecule has 0 radical (unpaired) electrons. The van der Waals surface area contributed by atoms with E-state index in [0.717, 1.165) is 23.5 Å². The summed E-state index contributed by atoms with van der Waals surface area (Å²) in [6.45, 7) is 3.12. The molecular formula is C10H13N3O. The van der Waals surface area contributed by atoms with Crippen molar-refractivity contribution in [1.29, 1.82) is 0 Å². The lowest BCUT2D eigenvalue weighted by molar-refractivity contribution is -0.122. The molecule has 1 saturated heterocycles. The van der Waals surface area contributed by atoms with E-state index < -0.39 is 0 Å². The molecule has 2 N–H and O–H groups in total. The van der Waals surface area contributed by atoms with Crippen LogP contribution in [0, 0.1) is 6.92 Å². The Hall–Kier alpha value is -1.42. The zero-order chi connectivity index (χ0) is 10.1. The second kappa shape index (κ2) is 3.38. The summed E-state index contributed by atoms with van der Waals surface area (Å²) < 4.78 is 0. The minimum absolute atomic E-state index is 0.159. The van der Waals surface area contributed by atoms with Gasteiger partial charge in [0.05, 0.1) is 11.4 Å². The van der Waals surface area contributed by atoms with E-state index in [4.69, 9.17) is 5.73 Å². The van der Waals surface area contributed by atoms with Crippen LogP contribution in [0.5, 0.6) is 0 Å². The van der Waals surface area contributed by atoms with Gasteiger partial charge in [0.1, 0.15) is 0 Å². The Kier molecular flexibility index (Phi) is 2.21. The summed E-state index contributed by atoms with van der Waals surface area (Å²) in [5.41, 5.74) is 8.29. The molecule has 0 spiro atoms. The van der Waals surface area contributed by atoms with E-state index in [1.54, 1.807) is 11.1 Å². The van der Waals surface area contributed by atoms with Crippen molar-refractivity contribution in [3.63, 3.8) is 0 Å². The molecule has 0 bridgehead atoms. The number of rotatable bonds is 2. The Bertz CT molecular complexity index is 376. The molecule has 0 saturated carbocycles. The molecule has 14 heavy (non-hydrogen) atoms. The highest BCUT2D eigenvalue weighted by Crippen LogP contribution is 2.25. The van der Waals surface area contributed by atoms with E-state index in [2.05, 4.69) is 4.98 Å². The number of aromatic nitrogens is 1. The van der Waals surface area contributed by atoms with Gasteiger partial charge in [-0.25, -0.2) is 0 Å². The van der Waals surface area contributed by atoms with Crippen molar-refractivity contribution in [2.75, 3.05) is 11.4 Å². The van der Waals surface area contributed by atoms with Crippen LogP contribution in [0.2, 0.25) is 0 Å². The molecule has 0 aliphatic carbocycles. The topological polar surface area (TPSA) is 59.2 Å². The second-order valence-electron chi connectivity index (χ2n) is 3.48. The van der Waals surface area contributed by atoms with Crippen LogP contribution in [0.15, 0.2) is 12.3 Å². The first kappa shape index (κ1) is 9.15. The van der Waals surface area contributed by atoms with Crippen LogP contribution >= 0.6 is 0 Å². The fourth-order valence-electron chi connectivity index (χ4n) is 1.54. The first-order valence-corrected chi connectivity index (χ1v) is 4.68. The standard InChI is InChI=1S/C10H13N3O/c1-7-4-9(8(5-11)12-6-7)13-3-2-10(13)14/h4,6H,2-3,5,11H2,1H3. The monoisotopic (exact) mass is 191 g/mol. The van der Waals surface area contributed by atoms with Crippen LogP contribution < -0.4 is 10.6 Å². The molecule has 2 heterocycles. The lowest BCUT2D eigenvalue weighted by atomic mass is 10.1. The van der Waals surface area contributed by atoms with Gasteiger partial charge in [-0.15, -0.1) is 0 Å². The molecule has 0 atom stereocenters. The normalized spacial score (nSPS) is 15.6. The molecule has 4 nitrogen and oxygen atoms in total. The van der Waals surface area contributed by atoms with Crippen LogP contribution in [0.25, 0.3) is 0 Å². The Labute approximate surface area is 82.7 Å². The average molecular weight is 191 g/mol. The Balaban J connectivity index is 2.39. The number of β-lactam (4-membered cyclic amide) rings is 1. The molecule has 74 valence electrons. The molecule has 2 rings (SSSR count). The number of carbonyl (C=O) groups is 1. The SMILES string of the molecule is Cc1cnc(CN)c(N2CCC2=O)c1. The van der Waals surface area contributed by atoms with E-state index in [-0.39, 0.29) is 5.91 Å². The largest absolute Gasteiger partial charge is 0.325 e. The Morgan fingerprint density at radius 2 is 2.43 bits per heavy atom. The summed E-state index contributed by atoms with van der Waals surface area (Å²) in [5, 5.41) is 0. The van der Waals surface area contributed by atoms with Crippen molar-refractivity contribution >= 4 is 11.6 Å². The van der Waals surface area contributed by atoms with Gasteiger partial charge >= 0.3 is 0 Å². The predicted octanol–water partition coefficient (Wildman–Crippen LogP) is 0.585. The van der Waals surface area contributed by atoms with Crippen LogP contribution in [-0.4, -0.2) is 17.4 Å². The molecular weight excluding hydrogens is 178 g/mol. The molecule has 1 aromatic heterocycles. The number of carbonyl (C=O) groups excluding carboxylic acids is 1. The Morgan fingerprint density at radius 1 is 1.64 bits per heavy atom. The van der Waals surface area contributed by atoms with Gasteiger partial charge < -0.3 is 10.6 Å². The van der Waals surface area contributed by atoms with Crippen molar-refractivity contribution in [2.24, 2.45) is 5.73 Å². The number of aryl methyl sites for hydroxylation is 1. The molecule has 4 heteroatoms. The summed E-state index contributed by atoms with van der Waals surface area (Å²) in [7, 11) is 0. The number of nitrogens with two attached hydrogens (primary N) is 1. The fourth-order valence-corrected chi connectivity index (χ4v) is 1.54. The third kappa shape index (κ3) is 1.37. The van der Waals surface area contributed by atoms with Gasteiger partial charge in [-0.1, -0.05) is 0 Å². The number of anilines is 1. The van der Waals surface area contributed by atoms with Gasteiger partial charge in [-0.3, -0.25) is 9.78 Å². The molecule has 1 amide bonds. The highest BCUT2D eigenvalue weighted by atomic mass is 16.2. The molecule has 0 aromatic carbocycles.